The number of hydrogen-bond acceptors (Lipinski definition) is 3. The van der Waals surface area contributed by atoms with Crippen molar-refractivity contribution in [3.05, 3.63) is 64.1 Å². The van der Waals surface area contributed by atoms with Crippen LogP contribution in [0, 0.1) is 5.92 Å². The molecule has 4 rings (SSSR count). The smallest absolute Gasteiger partial charge is 0.244 e. The maximum Gasteiger partial charge on any atom is 0.244 e. The van der Waals surface area contributed by atoms with E-state index in [0.29, 0.717) is 36.9 Å². The van der Waals surface area contributed by atoms with Gasteiger partial charge in [-0.15, -0.1) is 0 Å². The number of benzene rings is 2. The summed E-state index contributed by atoms with van der Waals surface area (Å²) in [5, 5.41) is 0. The predicted octanol–water partition coefficient (Wildman–Crippen LogP) is 3.43. The highest BCUT2D eigenvalue weighted by Crippen LogP contribution is 2.30. The van der Waals surface area contributed by atoms with Crippen LogP contribution in [0.5, 0.6) is 0 Å². The minimum atomic E-state index is -3.55. The molecule has 0 atom stereocenters. The zero-order valence-corrected chi connectivity index (χ0v) is 18.0. The molecule has 7 heteroatoms. The van der Waals surface area contributed by atoms with Gasteiger partial charge in [0.05, 0.1) is 4.90 Å². The van der Waals surface area contributed by atoms with Gasteiger partial charge < -0.3 is 4.90 Å². The van der Waals surface area contributed by atoms with Gasteiger partial charge in [-0.25, -0.2) is 8.42 Å². The van der Waals surface area contributed by atoms with Crippen molar-refractivity contribution in [3.8, 4) is 0 Å². The molecule has 0 N–H and O–H groups in total. The normalized spacial score (nSPS) is 18.7. The third-order valence-corrected chi connectivity index (χ3v) is 8.61. The first kappa shape index (κ1) is 19.6. The van der Waals surface area contributed by atoms with E-state index in [9.17, 15) is 13.2 Å². The van der Waals surface area contributed by atoms with Crippen molar-refractivity contribution in [2.24, 2.45) is 5.92 Å². The van der Waals surface area contributed by atoms with E-state index in [-0.39, 0.29) is 16.7 Å². The number of hydrogen-bond donors (Lipinski definition) is 0. The summed E-state index contributed by atoms with van der Waals surface area (Å²) in [6.45, 7) is 2.16. The lowest BCUT2D eigenvalue weighted by Crippen LogP contribution is -2.45. The van der Waals surface area contributed by atoms with Gasteiger partial charge in [-0.05, 0) is 58.5 Å². The Labute approximate surface area is 174 Å². The summed E-state index contributed by atoms with van der Waals surface area (Å²) in [6, 6.07) is 15.1. The quantitative estimate of drug-likeness (QED) is 0.701. The average Bonchev–Trinajstić information content (AvgIpc) is 2.73. The van der Waals surface area contributed by atoms with Crippen LogP contribution in [-0.2, 0) is 27.8 Å². The van der Waals surface area contributed by atoms with Crippen molar-refractivity contribution >= 4 is 31.9 Å². The second-order valence-electron chi connectivity index (χ2n) is 7.39. The van der Waals surface area contributed by atoms with Crippen LogP contribution in [0.15, 0.2) is 57.9 Å². The Balaban J connectivity index is 1.41. The van der Waals surface area contributed by atoms with Crippen molar-refractivity contribution in [1.29, 1.82) is 0 Å². The molecule has 0 aromatic heterocycles. The molecule has 148 valence electrons. The Morgan fingerprint density at radius 3 is 2.29 bits per heavy atom. The molecule has 2 aliphatic heterocycles. The largest absolute Gasteiger partial charge is 0.338 e. The summed E-state index contributed by atoms with van der Waals surface area (Å²) in [6.07, 6.45) is 2.03. The van der Waals surface area contributed by atoms with Crippen LogP contribution < -0.4 is 0 Å². The molecule has 1 amide bonds. The van der Waals surface area contributed by atoms with Gasteiger partial charge in [0.2, 0.25) is 15.9 Å². The number of halogens is 1. The highest BCUT2D eigenvalue weighted by Gasteiger charge is 2.35. The maximum atomic E-state index is 13.0. The lowest BCUT2D eigenvalue weighted by atomic mass is 9.94. The van der Waals surface area contributed by atoms with Gasteiger partial charge in [0, 0.05) is 36.6 Å². The molecule has 1 saturated heterocycles. The van der Waals surface area contributed by atoms with Gasteiger partial charge in [-0.2, -0.15) is 4.31 Å². The molecule has 0 radical (unpaired) electrons. The molecule has 0 unspecified atom stereocenters. The molecule has 2 aliphatic rings. The van der Waals surface area contributed by atoms with E-state index in [0.717, 1.165) is 13.0 Å². The van der Waals surface area contributed by atoms with Gasteiger partial charge in [-0.1, -0.05) is 36.4 Å². The minimum Gasteiger partial charge on any atom is -0.338 e. The molecule has 28 heavy (non-hydrogen) atoms. The first-order valence-electron chi connectivity index (χ1n) is 9.57. The summed E-state index contributed by atoms with van der Waals surface area (Å²) in [5.41, 5.74) is 2.54. The summed E-state index contributed by atoms with van der Waals surface area (Å²) in [7, 11) is -3.55. The van der Waals surface area contributed by atoms with Crippen LogP contribution in [0.3, 0.4) is 0 Å². The Hall–Kier alpha value is -1.70. The average molecular weight is 463 g/mol. The van der Waals surface area contributed by atoms with E-state index in [1.807, 2.05) is 17.0 Å². The summed E-state index contributed by atoms with van der Waals surface area (Å²) < 4.78 is 27.9. The number of piperidine rings is 1. The molecule has 2 heterocycles. The molecule has 2 aromatic carbocycles. The summed E-state index contributed by atoms with van der Waals surface area (Å²) in [5.74, 6) is 0.0587. The third-order valence-electron chi connectivity index (χ3n) is 5.70. The number of amides is 1. The number of fused-ring (bicyclic) bond motifs is 1. The van der Waals surface area contributed by atoms with Crippen molar-refractivity contribution in [3.63, 3.8) is 0 Å². The van der Waals surface area contributed by atoms with Crippen molar-refractivity contribution in [2.45, 2.75) is 30.7 Å². The number of carbonyl (C=O) groups is 1. The molecule has 0 spiro atoms. The molecule has 0 aliphatic carbocycles. The SMILES string of the molecule is O=C(C1CCN(S(=O)(=O)c2ccccc2Br)CC1)N1CCc2ccccc2C1. The Morgan fingerprint density at radius 1 is 0.929 bits per heavy atom. The molecule has 5 nitrogen and oxygen atoms in total. The maximum absolute atomic E-state index is 13.0. The lowest BCUT2D eigenvalue weighted by Gasteiger charge is -2.35. The lowest BCUT2D eigenvalue weighted by molar-refractivity contribution is -0.137. The van der Waals surface area contributed by atoms with Crippen LogP contribution in [0.25, 0.3) is 0 Å². The Kier molecular flexibility index (Phi) is 5.58. The van der Waals surface area contributed by atoms with E-state index in [1.54, 1.807) is 24.3 Å². The van der Waals surface area contributed by atoms with Gasteiger partial charge in [0.1, 0.15) is 0 Å². The topological polar surface area (TPSA) is 57.7 Å². The first-order chi connectivity index (χ1) is 13.5. The van der Waals surface area contributed by atoms with Crippen LogP contribution >= 0.6 is 15.9 Å². The monoisotopic (exact) mass is 462 g/mol. The first-order valence-corrected chi connectivity index (χ1v) is 11.8. The van der Waals surface area contributed by atoms with Gasteiger partial charge >= 0.3 is 0 Å². The molecule has 2 aromatic rings. The van der Waals surface area contributed by atoms with Crippen molar-refractivity contribution < 1.29 is 13.2 Å². The van der Waals surface area contributed by atoms with Crippen LogP contribution in [0.1, 0.15) is 24.0 Å². The van der Waals surface area contributed by atoms with E-state index in [2.05, 4.69) is 28.1 Å². The van der Waals surface area contributed by atoms with Crippen LogP contribution in [0.4, 0.5) is 0 Å². The molecular formula is C21H23BrN2O3S. The fourth-order valence-electron chi connectivity index (χ4n) is 4.08. The predicted molar refractivity (Wildman–Crippen MR) is 111 cm³/mol. The van der Waals surface area contributed by atoms with E-state index >= 15 is 0 Å². The minimum absolute atomic E-state index is 0.101. The third kappa shape index (κ3) is 3.75. The Bertz CT molecular complexity index is 985. The highest BCUT2D eigenvalue weighted by atomic mass is 79.9. The summed E-state index contributed by atoms with van der Waals surface area (Å²) in [4.78, 5) is 15.2. The number of rotatable bonds is 3. The standard InChI is InChI=1S/C21H23BrN2O3S/c22-19-7-3-4-8-20(19)28(26,27)24-13-10-17(11-14-24)21(25)23-12-9-16-5-1-2-6-18(16)15-23/h1-8,17H,9-15H2. The van der Waals surface area contributed by atoms with Gasteiger partial charge in [-0.3, -0.25) is 4.79 Å². The van der Waals surface area contributed by atoms with Crippen LogP contribution in [0.2, 0.25) is 0 Å². The van der Waals surface area contributed by atoms with Crippen molar-refractivity contribution in [1.82, 2.24) is 9.21 Å². The fourth-order valence-corrected chi connectivity index (χ4v) is 6.51. The number of sulfonamides is 1. The fraction of sp³-hybridized carbons (Fsp3) is 0.381. The van der Waals surface area contributed by atoms with Gasteiger partial charge in [0.25, 0.3) is 0 Å². The van der Waals surface area contributed by atoms with E-state index < -0.39 is 10.0 Å². The van der Waals surface area contributed by atoms with Gasteiger partial charge in [0.15, 0.2) is 0 Å². The molecule has 1 fully saturated rings. The second-order valence-corrected chi connectivity index (χ2v) is 10.1. The molecular weight excluding hydrogens is 440 g/mol. The van der Waals surface area contributed by atoms with Crippen molar-refractivity contribution in [2.75, 3.05) is 19.6 Å². The van der Waals surface area contributed by atoms with E-state index in [1.165, 1.54) is 15.4 Å². The zero-order chi connectivity index (χ0) is 19.7. The highest BCUT2D eigenvalue weighted by molar-refractivity contribution is 9.10. The summed E-state index contributed by atoms with van der Waals surface area (Å²) >= 11 is 3.33. The number of carbonyl (C=O) groups excluding carboxylic acids is 1. The second kappa shape index (κ2) is 7.97. The molecule has 0 bridgehead atoms. The van der Waals surface area contributed by atoms with Crippen LogP contribution in [-0.4, -0.2) is 43.2 Å². The molecule has 0 saturated carbocycles. The zero-order valence-electron chi connectivity index (χ0n) is 15.6. The number of nitrogens with zero attached hydrogens (tertiary/aromatic N) is 2. The Morgan fingerprint density at radius 2 is 1.57 bits per heavy atom. The van der Waals surface area contributed by atoms with E-state index in [4.69, 9.17) is 0 Å².